The predicted octanol–water partition coefficient (Wildman–Crippen LogP) is 2.21. The number of carbonyl (C=O) groups excluding carboxylic acids is 2. The van der Waals surface area contributed by atoms with Gasteiger partial charge in [-0.05, 0) is 24.4 Å². The molecule has 7 heteroatoms. The van der Waals surface area contributed by atoms with Crippen molar-refractivity contribution in [1.29, 1.82) is 0 Å². The molecule has 1 aliphatic rings. The summed E-state index contributed by atoms with van der Waals surface area (Å²) in [5, 5.41) is 2.46. The third kappa shape index (κ3) is 3.49. The van der Waals surface area contributed by atoms with E-state index < -0.39 is 0 Å². The second kappa shape index (κ2) is 6.71. The van der Waals surface area contributed by atoms with E-state index in [-0.39, 0.29) is 17.6 Å². The standard InChI is InChI=1S/C13H14N2O3S2/c1-3-18-11(16)8-20-13-14-10(12(17)15(13)2)7-9-5-4-6-19-9/h4-7H,3,8H2,1-2H3. The molecule has 0 radical (unpaired) electrons. The third-order valence-corrected chi connectivity index (χ3v) is 4.30. The van der Waals surface area contributed by atoms with Crippen molar-refractivity contribution in [2.45, 2.75) is 6.92 Å². The van der Waals surface area contributed by atoms with E-state index in [4.69, 9.17) is 4.74 Å². The molecule has 0 saturated heterocycles. The molecule has 0 aliphatic carbocycles. The second-order valence-electron chi connectivity index (χ2n) is 3.90. The monoisotopic (exact) mass is 310 g/mol. The lowest BCUT2D eigenvalue weighted by molar-refractivity contribution is -0.139. The molecule has 1 aromatic heterocycles. The number of amidine groups is 1. The van der Waals surface area contributed by atoms with Gasteiger partial charge in [-0.1, -0.05) is 17.8 Å². The van der Waals surface area contributed by atoms with E-state index in [0.29, 0.717) is 17.5 Å². The first kappa shape index (κ1) is 14.8. The predicted molar refractivity (Wildman–Crippen MR) is 81.6 cm³/mol. The summed E-state index contributed by atoms with van der Waals surface area (Å²) < 4.78 is 4.84. The molecule has 1 aliphatic heterocycles. The lowest BCUT2D eigenvalue weighted by atomic mass is 10.3. The van der Waals surface area contributed by atoms with Crippen molar-refractivity contribution >= 4 is 46.2 Å². The van der Waals surface area contributed by atoms with E-state index >= 15 is 0 Å². The minimum Gasteiger partial charge on any atom is -0.465 e. The number of likely N-dealkylation sites (N-methyl/N-ethyl adjacent to an activating group) is 1. The van der Waals surface area contributed by atoms with Crippen LogP contribution < -0.4 is 0 Å². The molecule has 1 aromatic rings. The number of hydrogen-bond acceptors (Lipinski definition) is 6. The zero-order valence-corrected chi connectivity index (χ0v) is 12.8. The Morgan fingerprint density at radius 3 is 3.05 bits per heavy atom. The van der Waals surface area contributed by atoms with Gasteiger partial charge < -0.3 is 4.74 Å². The SMILES string of the molecule is CCOC(=O)CSC1=NC(=Cc2cccs2)C(=O)N1C. The summed E-state index contributed by atoms with van der Waals surface area (Å²) >= 11 is 2.75. The highest BCUT2D eigenvalue weighted by Gasteiger charge is 2.27. The van der Waals surface area contributed by atoms with E-state index in [1.165, 1.54) is 16.7 Å². The van der Waals surface area contributed by atoms with E-state index in [1.807, 2.05) is 17.5 Å². The van der Waals surface area contributed by atoms with E-state index in [0.717, 1.165) is 4.88 Å². The Balaban J connectivity index is 2.06. The van der Waals surface area contributed by atoms with Crippen LogP contribution in [0.2, 0.25) is 0 Å². The van der Waals surface area contributed by atoms with Gasteiger partial charge in [0.1, 0.15) is 5.70 Å². The van der Waals surface area contributed by atoms with Gasteiger partial charge in [-0.2, -0.15) is 0 Å². The molecule has 106 valence electrons. The lowest BCUT2D eigenvalue weighted by Crippen LogP contribution is -2.26. The molecule has 2 rings (SSSR count). The number of aliphatic imine (C=N–C) groups is 1. The van der Waals surface area contributed by atoms with Crippen molar-refractivity contribution in [3.8, 4) is 0 Å². The number of nitrogens with zero attached hydrogens (tertiary/aromatic N) is 2. The summed E-state index contributed by atoms with van der Waals surface area (Å²) in [5.41, 5.74) is 0.390. The van der Waals surface area contributed by atoms with Gasteiger partial charge in [-0.15, -0.1) is 11.3 Å². The lowest BCUT2D eigenvalue weighted by Gasteiger charge is -2.10. The molecule has 0 N–H and O–H groups in total. The third-order valence-electron chi connectivity index (χ3n) is 2.47. The largest absolute Gasteiger partial charge is 0.465 e. The molecule has 0 fully saturated rings. The maximum absolute atomic E-state index is 12.0. The van der Waals surface area contributed by atoms with Crippen molar-refractivity contribution in [3.63, 3.8) is 0 Å². The minimum atomic E-state index is -0.309. The summed E-state index contributed by atoms with van der Waals surface area (Å²) in [5.74, 6) is -0.321. The Kier molecular flexibility index (Phi) is 4.97. The Bertz CT molecular complexity index is 564. The average Bonchev–Trinajstić information content (AvgIpc) is 3.01. The van der Waals surface area contributed by atoms with Crippen molar-refractivity contribution in [2.75, 3.05) is 19.4 Å². The van der Waals surface area contributed by atoms with Gasteiger partial charge in [0.05, 0.1) is 12.4 Å². The zero-order chi connectivity index (χ0) is 14.5. The first-order valence-electron chi connectivity index (χ1n) is 6.02. The van der Waals surface area contributed by atoms with Gasteiger partial charge in [-0.3, -0.25) is 14.5 Å². The molecule has 0 spiro atoms. The number of carbonyl (C=O) groups is 2. The highest BCUT2D eigenvalue weighted by Crippen LogP contribution is 2.23. The number of esters is 1. The molecule has 0 atom stereocenters. The summed E-state index contributed by atoms with van der Waals surface area (Å²) in [4.78, 5) is 30.0. The Hall–Kier alpha value is -1.60. The number of rotatable bonds is 4. The van der Waals surface area contributed by atoms with Crippen LogP contribution >= 0.6 is 23.1 Å². The van der Waals surface area contributed by atoms with Crippen LogP contribution in [0.25, 0.3) is 6.08 Å². The minimum absolute atomic E-state index is 0.149. The normalized spacial score (nSPS) is 16.7. The number of hydrogen-bond donors (Lipinski definition) is 0. The molecule has 0 bridgehead atoms. The summed E-state index contributed by atoms with van der Waals surface area (Å²) in [6, 6.07) is 3.84. The molecule has 2 heterocycles. The molecule has 0 saturated carbocycles. The Morgan fingerprint density at radius 1 is 1.60 bits per heavy atom. The van der Waals surface area contributed by atoms with Crippen LogP contribution in [0.3, 0.4) is 0 Å². The highest BCUT2D eigenvalue weighted by atomic mass is 32.2. The fourth-order valence-corrected chi connectivity index (χ4v) is 2.96. The second-order valence-corrected chi connectivity index (χ2v) is 5.82. The zero-order valence-electron chi connectivity index (χ0n) is 11.2. The fraction of sp³-hybridized carbons (Fsp3) is 0.308. The van der Waals surface area contributed by atoms with E-state index in [2.05, 4.69) is 4.99 Å². The fourth-order valence-electron chi connectivity index (χ4n) is 1.54. The number of thioether (sulfide) groups is 1. The maximum atomic E-state index is 12.0. The summed E-state index contributed by atoms with van der Waals surface area (Å²) in [6.07, 6.45) is 1.75. The van der Waals surface area contributed by atoms with Crippen LogP contribution in [-0.2, 0) is 14.3 Å². The quantitative estimate of drug-likeness (QED) is 0.632. The Morgan fingerprint density at radius 2 is 2.40 bits per heavy atom. The van der Waals surface area contributed by atoms with Gasteiger partial charge in [-0.25, -0.2) is 4.99 Å². The molecule has 0 aromatic carbocycles. The van der Waals surface area contributed by atoms with Gasteiger partial charge in [0.2, 0.25) is 0 Å². The van der Waals surface area contributed by atoms with Crippen LogP contribution in [0.5, 0.6) is 0 Å². The molecule has 20 heavy (non-hydrogen) atoms. The number of amides is 1. The highest BCUT2D eigenvalue weighted by molar-refractivity contribution is 8.14. The topological polar surface area (TPSA) is 59.0 Å². The van der Waals surface area contributed by atoms with Crippen molar-refractivity contribution < 1.29 is 14.3 Å². The first-order valence-corrected chi connectivity index (χ1v) is 7.88. The molecular formula is C13H14N2O3S2. The van der Waals surface area contributed by atoms with Crippen LogP contribution in [0.1, 0.15) is 11.8 Å². The van der Waals surface area contributed by atoms with Gasteiger partial charge >= 0.3 is 5.97 Å². The molecule has 0 unspecified atom stereocenters. The molecule has 1 amide bonds. The van der Waals surface area contributed by atoms with Gasteiger partial charge in [0.15, 0.2) is 5.17 Å². The van der Waals surface area contributed by atoms with Crippen molar-refractivity contribution in [3.05, 3.63) is 28.1 Å². The van der Waals surface area contributed by atoms with Gasteiger partial charge in [0.25, 0.3) is 5.91 Å². The summed E-state index contributed by atoms with van der Waals surface area (Å²) in [7, 11) is 1.65. The van der Waals surface area contributed by atoms with E-state index in [1.54, 1.807) is 31.4 Å². The van der Waals surface area contributed by atoms with Crippen molar-refractivity contribution in [1.82, 2.24) is 4.90 Å². The van der Waals surface area contributed by atoms with Crippen LogP contribution in [0, 0.1) is 0 Å². The molecule has 5 nitrogen and oxygen atoms in total. The average molecular weight is 310 g/mol. The smallest absolute Gasteiger partial charge is 0.316 e. The van der Waals surface area contributed by atoms with Crippen molar-refractivity contribution in [2.24, 2.45) is 4.99 Å². The maximum Gasteiger partial charge on any atom is 0.316 e. The van der Waals surface area contributed by atoms with Crippen LogP contribution in [0.15, 0.2) is 28.2 Å². The van der Waals surface area contributed by atoms with Crippen LogP contribution in [-0.4, -0.2) is 41.4 Å². The first-order chi connectivity index (χ1) is 9.61. The Labute approximate surface area is 125 Å². The number of thiophene rings is 1. The number of ether oxygens (including phenoxy) is 1. The van der Waals surface area contributed by atoms with E-state index in [9.17, 15) is 9.59 Å². The summed E-state index contributed by atoms with van der Waals surface area (Å²) in [6.45, 7) is 2.11. The van der Waals surface area contributed by atoms with Gasteiger partial charge in [0, 0.05) is 11.9 Å². The van der Waals surface area contributed by atoms with Crippen LogP contribution in [0.4, 0.5) is 0 Å². The molecular weight excluding hydrogens is 296 g/mol.